The summed E-state index contributed by atoms with van der Waals surface area (Å²) in [6.45, 7) is 1.60. The van der Waals surface area contributed by atoms with E-state index in [0.717, 1.165) is 5.56 Å². The Labute approximate surface area is 136 Å². The summed E-state index contributed by atoms with van der Waals surface area (Å²) < 4.78 is 27.8. The molecule has 0 heterocycles. The largest absolute Gasteiger partial charge is 0.392 e. The Hall–Kier alpha value is -1.08. The van der Waals surface area contributed by atoms with Gasteiger partial charge in [-0.05, 0) is 64.3 Å². The highest BCUT2D eigenvalue weighted by Gasteiger charge is 2.16. The van der Waals surface area contributed by atoms with Crippen molar-refractivity contribution in [2.24, 2.45) is 0 Å². The zero-order valence-electron chi connectivity index (χ0n) is 11.1. The Bertz CT molecular complexity index is 778. The van der Waals surface area contributed by atoms with Crippen molar-refractivity contribution in [1.82, 2.24) is 0 Å². The molecule has 0 bridgehead atoms. The fraction of sp³-hybridized carbons (Fsp3) is 0.143. The third-order valence-electron chi connectivity index (χ3n) is 2.98. The summed E-state index contributed by atoms with van der Waals surface area (Å²) in [5.74, 6) is 0. The number of aryl methyl sites for hydroxylation is 1. The van der Waals surface area contributed by atoms with Crippen molar-refractivity contribution in [3.05, 3.63) is 57.0 Å². The molecule has 0 atom stereocenters. The van der Waals surface area contributed by atoms with E-state index in [0.29, 0.717) is 20.7 Å². The number of halogens is 2. The molecule has 0 fully saturated rings. The lowest BCUT2D eigenvalue weighted by Gasteiger charge is -2.11. The van der Waals surface area contributed by atoms with Crippen LogP contribution < -0.4 is 4.72 Å². The lowest BCUT2D eigenvalue weighted by molar-refractivity contribution is 0.281. The van der Waals surface area contributed by atoms with Crippen molar-refractivity contribution in [2.75, 3.05) is 4.72 Å². The molecule has 0 saturated carbocycles. The molecule has 21 heavy (non-hydrogen) atoms. The zero-order valence-corrected chi connectivity index (χ0v) is 14.3. The summed E-state index contributed by atoms with van der Waals surface area (Å²) in [6, 6.07) is 9.40. The summed E-state index contributed by atoms with van der Waals surface area (Å²) in [5.41, 5.74) is 1.81. The van der Waals surface area contributed by atoms with E-state index in [9.17, 15) is 13.5 Å². The highest BCUT2D eigenvalue weighted by Crippen LogP contribution is 2.28. The Balaban J connectivity index is 2.38. The van der Waals surface area contributed by atoms with Gasteiger partial charge in [0.05, 0.1) is 17.2 Å². The van der Waals surface area contributed by atoms with Crippen molar-refractivity contribution in [3.8, 4) is 0 Å². The van der Waals surface area contributed by atoms with Crippen LogP contribution in [0, 0.1) is 6.92 Å². The molecule has 0 spiro atoms. The van der Waals surface area contributed by atoms with E-state index in [2.05, 4.69) is 20.7 Å². The molecule has 0 aromatic heterocycles. The molecule has 2 N–H and O–H groups in total. The number of nitrogens with one attached hydrogen (secondary N) is 1. The molecule has 7 heteroatoms. The third kappa shape index (κ3) is 3.77. The maximum Gasteiger partial charge on any atom is 0.261 e. The van der Waals surface area contributed by atoms with Gasteiger partial charge in [0, 0.05) is 9.50 Å². The van der Waals surface area contributed by atoms with Gasteiger partial charge >= 0.3 is 0 Å². The van der Waals surface area contributed by atoms with Crippen molar-refractivity contribution >= 4 is 43.2 Å². The van der Waals surface area contributed by atoms with Gasteiger partial charge in [-0.25, -0.2) is 8.42 Å². The molecule has 2 aromatic carbocycles. The van der Waals surface area contributed by atoms with Crippen LogP contribution in [0.4, 0.5) is 5.69 Å². The number of anilines is 1. The van der Waals surface area contributed by atoms with Gasteiger partial charge in [0.15, 0.2) is 0 Å². The molecule has 0 unspecified atom stereocenters. The second-order valence-corrected chi connectivity index (χ2v) is 7.45. The summed E-state index contributed by atoms with van der Waals surface area (Å²) in [6.07, 6.45) is 0. The summed E-state index contributed by atoms with van der Waals surface area (Å²) in [4.78, 5) is 0.0963. The highest BCUT2D eigenvalue weighted by molar-refractivity contribution is 9.10. The summed E-state index contributed by atoms with van der Waals surface area (Å²) in [7, 11) is -3.73. The van der Waals surface area contributed by atoms with Crippen LogP contribution in [0.25, 0.3) is 0 Å². The standard InChI is InChI=1S/C14H13BrClNO3S/c1-9-2-4-12(6-10(9)8-18)21(19,20)17-14-5-3-11(16)7-13(14)15/h2-7,17-18H,8H2,1H3. The quantitative estimate of drug-likeness (QED) is 0.836. The van der Waals surface area contributed by atoms with Gasteiger partial charge in [-0.1, -0.05) is 17.7 Å². The van der Waals surface area contributed by atoms with Crippen LogP contribution in [0.1, 0.15) is 11.1 Å². The van der Waals surface area contributed by atoms with Crippen LogP contribution in [-0.2, 0) is 16.6 Å². The van der Waals surface area contributed by atoms with Gasteiger partial charge in [0.2, 0.25) is 0 Å². The fourth-order valence-electron chi connectivity index (χ4n) is 1.76. The maximum atomic E-state index is 12.4. The van der Waals surface area contributed by atoms with E-state index in [-0.39, 0.29) is 11.5 Å². The minimum Gasteiger partial charge on any atom is -0.392 e. The molecule has 0 aliphatic rings. The van der Waals surface area contributed by atoms with Crippen molar-refractivity contribution in [3.63, 3.8) is 0 Å². The Morgan fingerprint density at radius 3 is 2.57 bits per heavy atom. The first-order valence-corrected chi connectivity index (χ1v) is 8.67. The lowest BCUT2D eigenvalue weighted by atomic mass is 10.1. The van der Waals surface area contributed by atoms with E-state index in [4.69, 9.17) is 11.6 Å². The lowest BCUT2D eigenvalue weighted by Crippen LogP contribution is -2.14. The van der Waals surface area contributed by atoms with Gasteiger partial charge < -0.3 is 5.11 Å². The first-order chi connectivity index (χ1) is 9.83. The van der Waals surface area contributed by atoms with E-state index in [1.54, 1.807) is 24.3 Å². The van der Waals surface area contributed by atoms with Crippen molar-refractivity contribution in [2.45, 2.75) is 18.4 Å². The SMILES string of the molecule is Cc1ccc(S(=O)(=O)Nc2ccc(Cl)cc2Br)cc1CO. The number of aliphatic hydroxyl groups is 1. The van der Waals surface area contributed by atoms with Crippen LogP contribution >= 0.6 is 27.5 Å². The predicted molar refractivity (Wildman–Crippen MR) is 87.1 cm³/mol. The zero-order chi connectivity index (χ0) is 15.6. The minimum absolute atomic E-state index is 0.0963. The normalized spacial score (nSPS) is 11.4. The van der Waals surface area contributed by atoms with Gasteiger partial charge in [-0.3, -0.25) is 4.72 Å². The van der Waals surface area contributed by atoms with Crippen LogP contribution in [0.2, 0.25) is 5.02 Å². The van der Waals surface area contributed by atoms with Gasteiger partial charge in [-0.2, -0.15) is 0 Å². The van der Waals surface area contributed by atoms with E-state index < -0.39 is 10.0 Å². The molecule has 2 aromatic rings. The molecule has 112 valence electrons. The Kier molecular flexibility index (Phi) is 4.93. The van der Waals surface area contributed by atoms with Gasteiger partial charge in [0.25, 0.3) is 10.0 Å². The van der Waals surface area contributed by atoms with Crippen molar-refractivity contribution in [1.29, 1.82) is 0 Å². The Morgan fingerprint density at radius 1 is 1.24 bits per heavy atom. The predicted octanol–water partition coefficient (Wildman–Crippen LogP) is 3.70. The molecule has 0 aliphatic carbocycles. The first kappa shape index (κ1) is 16.3. The average molecular weight is 391 g/mol. The second-order valence-electron chi connectivity index (χ2n) is 4.48. The molecule has 0 saturated heterocycles. The van der Waals surface area contributed by atoms with Crippen LogP contribution in [0.5, 0.6) is 0 Å². The van der Waals surface area contributed by atoms with E-state index in [1.165, 1.54) is 12.1 Å². The number of rotatable bonds is 4. The number of hydrogen-bond donors (Lipinski definition) is 2. The van der Waals surface area contributed by atoms with E-state index in [1.807, 2.05) is 6.92 Å². The number of aliphatic hydroxyl groups excluding tert-OH is 1. The summed E-state index contributed by atoms with van der Waals surface area (Å²) >= 11 is 9.09. The molecule has 0 radical (unpaired) electrons. The topological polar surface area (TPSA) is 66.4 Å². The highest BCUT2D eigenvalue weighted by atomic mass is 79.9. The van der Waals surface area contributed by atoms with Crippen LogP contribution in [0.3, 0.4) is 0 Å². The number of sulfonamides is 1. The van der Waals surface area contributed by atoms with Gasteiger partial charge in [0.1, 0.15) is 0 Å². The summed E-state index contributed by atoms with van der Waals surface area (Å²) in [5, 5.41) is 9.74. The van der Waals surface area contributed by atoms with Gasteiger partial charge in [-0.15, -0.1) is 0 Å². The molecule has 0 amide bonds. The third-order valence-corrected chi connectivity index (χ3v) is 5.23. The molecular formula is C14H13BrClNO3S. The number of hydrogen-bond acceptors (Lipinski definition) is 3. The second kappa shape index (κ2) is 6.36. The van der Waals surface area contributed by atoms with Crippen molar-refractivity contribution < 1.29 is 13.5 Å². The molecule has 4 nitrogen and oxygen atoms in total. The van der Waals surface area contributed by atoms with Crippen LogP contribution in [0.15, 0.2) is 45.8 Å². The fourth-order valence-corrected chi connectivity index (χ4v) is 3.80. The number of benzene rings is 2. The Morgan fingerprint density at radius 2 is 1.95 bits per heavy atom. The van der Waals surface area contributed by atoms with Crippen LogP contribution in [-0.4, -0.2) is 13.5 Å². The smallest absolute Gasteiger partial charge is 0.261 e. The van der Waals surface area contributed by atoms with E-state index >= 15 is 0 Å². The average Bonchev–Trinajstić information content (AvgIpc) is 2.42. The molecule has 0 aliphatic heterocycles. The minimum atomic E-state index is -3.73. The maximum absolute atomic E-state index is 12.4. The molecule has 2 rings (SSSR count). The monoisotopic (exact) mass is 389 g/mol. The first-order valence-electron chi connectivity index (χ1n) is 6.02. The molecular weight excluding hydrogens is 378 g/mol.